The third-order valence-electron chi connectivity index (χ3n) is 7.47. The lowest BCUT2D eigenvalue weighted by Gasteiger charge is -2.35. The second-order valence-corrected chi connectivity index (χ2v) is 12.9. The monoisotopic (exact) mass is 710 g/mol. The van der Waals surface area contributed by atoms with Gasteiger partial charge in [-0.25, -0.2) is 9.78 Å². The third-order valence-corrected chi connectivity index (χ3v) is 8.21. The van der Waals surface area contributed by atoms with Gasteiger partial charge >= 0.3 is 18.4 Å². The van der Waals surface area contributed by atoms with Gasteiger partial charge in [0.25, 0.3) is 5.91 Å². The number of ether oxygens (including phenoxy) is 1. The third kappa shape index (κ3) is 9.28. The highest BCUT2D eigenvalue weighted by Crippen LogP contribution is 2.39. The van der Waals surface area contributed by atoms with E-state index < -0.39 is 48.8 Å². The molecular weight excluding hydrogens is 677 g/mol. The van der Waals surface area contributed by atoms with Crippen molar-refractivity contribution in [2.45, 2.75) is 64.5 Å². The second-order valence-electron chi connectivity index (χ2n) is 12.2. The van der Waals surface area contributed by atoms with Gasteiger partial charge < -0.3 is 30.2 Å². The van der Waals surface area contributed by atoms with E-state index in [2.05, 4.69) is 20.9 Å². The Labute approximate surface area is 276 Å². The molecule has 1 aromatic heterocycles. The molecule has 47 heavy (non-hydrogen) atoms. The van der Waals surface area contributed by atoms with Gasteiger partial charge in [-0.15, -0.1) is 0 Å². The maximum atomic E-state index is 13.3. The SMILES string of the molecule is Cn1c(Nc2c(Cl)ccc(CNC(=O)OC(C)(C)C)c2Cl)nc2cc(C(=O)NCCC(F)(F)F)c(N3CCC(C(F)(F)F)CC3)cc21. The summed E-state index contributed by atoms with van der Waals surface area (Å²) in [6.07, 6.45) is -11.2. The standard InChI is InChI=1S/C30H34Cl2F6N6O3/c1-28(2,3)47-27(46)40-15-16-5-6-19(31)24(23(16)32)42-26-41-20-13-18(25(45)39-10-9-29(33,34)35)21(14-22(20)43(26)4)44-11-7-17(8-12-44)30(36,37)38/h5-6,13-14,17H,7-12,15H2,1-4H3,(H,39,45)(H,40,46)(H,41,42). The van der Waals surface area contributed by atoms with Crippen LogP contribution in [-0.4, -0.2) is 59.1 Å². The van der Waals surface area contributed by atoms with Crippen molar-refractivity contribution in [3.05, 3.63) is 45.4 Å². The number of hydrogen-bond donors (Lipinski definition) is 3. The molecule has 0 saturated carbocycles. The van der Waals surface area contributed by atoms with E-state index in [0.717, 1.165) is 0 Å². The van der Waals surface area contributed by atoms with Crippen LogP contribution in [0.3, 0.4) is 0 Å². The Morgan fingerprint density at radius 3 is 2.28 bits per heavy atom. The van der Waals surface area contributed by atoms with Gasteiger partial charge in [0, 0.05) is 33.2 Å². The number of anilines is 3. The zero-order valence-electron chi connectivity index (χ0n) is 25.9. The summed E-state index contributed by atoms with van der Waals surface area (Å²) in [5.74, 6) is -2.10. The Bertz CT molecular complexity index is 1630. The van der Waals surface area contributed by atoms with Gasteiger partial charge in [0.15, 0.2) is 0 Å². The van der Waals surface area contributed by atoms with Crippen LogP contribution in [0.2, 0.25) is 10.0 Å². The van der Waals surface area contributed by atoms with Crippen LogP contribution < -0.4 is 20.9 Å². The number of carbonyl (C=O) groups excluding carboxylic acids is 2. The summed E-state index contributed by atoms with van der Waals surface area (Å²) in [5.41, 5.74) is 1.05. The summed E-state index contributed by atoms with van der Waals surface area (Å²) >= 11 is 13.1. The van der Waals surface area contributed by atoms with Gasteiger partial charge in [-0.1, -0.05) is 29.3 Å². The molecule has 4 rings (SSSR count). The molecular formula is C30H34Cl2F6N6O3. The maximum absolute atomic E-state index is 13.3. The molecule has 0 aliphatic carbocycles. The molecule has 2 aromatic carbocycles. The first-order chi connectivity index (χ1) is 21.7. The van der Waals surface area contributed by atoms with Crippen LogP contribution in [0.4, 0.5) is 48.5 Å². The fraction of sp³-hybridized carbons (Fsp3) is 0.500. The average molecular weight is 712 g/mol. The van der Waals surface area contributed by atoms with Crippen LogP contribution in [-0.2, 0) is 18.3 Å². The normalized spacial score (nSPS) is 14.8. The molecule has 0 unspecified atom stereocenters. The van der Waals surface area contributed by atoms with Crippen molar-refractivity contribution < 1.29 is 40.7 Å². The van der Waals surface area contributed by atoms with Crippen molar-refractivity contribution >= 4 is 63.6 Å². The van der Waals surface area contributed by atoms with Crippen LogP contribution in [0.25, 0.3) is 11.0 Å². The number of nitrogens with one attached hydrogen (secondary N) is 3. The predicted octanol–water partition coefficient (Wildman–Crippen LogP) is 8.11. The molecule has 258 valence electrons. The minimum absolute atomic E-state index is 0.0171. The summed E-state index contributed by atoms with van der Waals surface area (Å²) < 4.78 is 85.1. The highest BCUT2D eigenvalue weighted by atomic mass is 35.5. The smallest absolute Gasteiger partial charge is 0.407 e. The van der Waals surface area contributed by atoms with E-state index >= 15 is 0 Å². The average Bonchev–Trinajstić information content (AvgIpc) is 3.26. The minimum atomic E-state index is -4.49. The molecule has 1 fully saturated rings. The number of nitrogens with zero attached hydrogens (tertiary/aromatic N) is 3. The molecule has 9 nitrogen and oxygen atoms in total. The summed E-state index contributed by atoms with van der Waals surface area (Å²) in [7, 11) is 1.65. The van der Waals surface area contributed by atoms with Crippen molar-refractivity contribution in [2.24, 2.45) is 13.0 Å². The highest BCUT2D eigenvalue weighted by Gasteiger charge is 2.41. The number of amides is 2. The molecule has 3 N–H and O–H groups in total. The molecule has 2 amide bonds. The Hall–Kier alpha value is -3.59. The molecule has 17 heteroatoms. The number of piperidine rings is 1. The van der Waals surface area contributed by atoms with Crippen molar-refractivity contribution in [1.82, 2.24) is 20.2 Å². The van der Waals surface area contributed by atoms with E-state index in [-0.39, 0.29) is 70.9 Å². The Morgan fingerprint density at radius 2 is 1.68 bits per heavy atom. The molecule has 1 aliphatic heterocycles. The van der Waals surface area contributed by atoms with Gasteiger partial charge in [0.1, 0.15) is 5.60 Å². The van der Waals surface area contributed by atoms with E-state index in [1.54, 1.807) is 55.5 Å². The molecule has 0 atom stereocenters. The zero-order chi connectivity index (χ0) is 34.9. The Morgan fingerprint density at radius 1 is 1.02 bits per heavy atom. The fourth-order valence-electron chi connectivity index (χ4n) is 5.08. The van der Waals surface area contributed by atoms with Crippen molar-refractivity contribution in [1.29, 1.82) is 0 Å². The lowest BCUT2D eigenvalue weighted by Crippen LogP contribution is -2.40. The van der Waals surface area contributed by atoms with Crippen LogP contribution in [0.15, 0.2) is 24.3 Å². The van der Waals surface area contributed by atoms with Crippen molar-refractivity contribution in [3.63, 3.8) is 0 Å². The minimum Gasteiger partial charge on any atom is -0.444 e. The molecule has 0 radical (unpaired) electrons. The van der Waals surface area contributed by atoms with Gasteiger partial charge in [0.05, 0.1) is 50.4 Å². The van der Waals surface area contributed by atoms with Gasteiger partial charge in [-0.05, 0) is 57.4 Å². The zero-order valence-corrected chi connectivity index (χ0v) is 27.4. The summed E-state index contributed by atoms with van der Waals surface area (Å²) in [6.45, 7) is 4.48. The van der Waals surface area contributed by atoms with Gasteiger partial charge in [0.2, 0.25) is 5.95 Å². The highest BCUT2D eigenvalue weighted by molar-refractivity contribution is 6.39. The number of aryl methyl sites for hydroxylation is 1. The number of benzene rings is 2. The van der Waals surface area contributed by atoms with Crippen molar-refractivity contribution in [3.8, 4) is 0 Å². The van der Waals surface area contributed by atoms with E-state index in [1.807, 2.05) is 0 Å². The van der Waals surface area contributed by atoms with Crippen LogP contribution in [0.5, 0.6) is 0 Å². The molecule has 3 aromatic rings. The number of alkyl halides is 6. The van der Waals surface area contributed by atoms with Crippen LogP contribution in [0.1, 0.15) is 56.0 Å². The van der Waals surface area contributed by atoms with Crippen LogP contribution in [0, 0.1) is 5.92 Å². The molecule has 1 saturated heterocycles. The first kappa shape index (κ1) is 36.2. The number of hydrogen-bond acceptors (Lipinski definition) is 6. The summed E-state index contributed by atoms with van der Waals surface area (Å²) in [4.78, 5) is 31.5. The molecule has 2 heterocycles. The van der Waals surface area contributed by atoms with E-state index in [1.165, 1.54) is 6.07 Å². The Balaban J connectivity index is 1.66. The predicted molar refractivity (Wildman–Crippen MR) is 168 cm³/mol. The number of halogens is 8. The van der Waals surface area contributed by atoms with Crippen LogP contribution >= 0.6 is 23.2 Å². The molecule has 0 bridgehead atoms. The number of alkyl carbamates (subject to hydrolysis) is 1. The van der Waals surface area contributed by atoms with Gasteiger partial charge in [-0.2, -0.15) is 26.3 Å². The number of fused-ring (bicyclic) bond motifs is 1. The number of imidazole rings is 1. The van der Waals surface area contributed by atoms with Crippen molar-refractivity contribution in [2.75, 3.05) is 29.9 Å². The van der Waals surface area contributed by atoms with Gasteiger partial charge in [-0.3, -0.25) is 4.79 Å². The van der Waals surface area contributed by atoms with E-state index in [0.29, 0.717) is 11.1 Å². The number of rotatable bonds is 8. The fourth-order valence-corrected chi connectivity index (χ4v) is 5.62. The Kier molecular flexibility index (Phi) is 10.7. The second kappa shape index (κ2) is 13.9. The molecule has 1 aliphatic rings. The quantitative estimate of drug-likeness (QED) is 0.204. The first-order valence-corrected chi connectivity index (χ1v) is 15.4. The van der Waals surface area contributed by atoms with E-state index in [4.69, 9.17) is 27.9 Å². The number of aromatic nitrogens is 2. The maximum Gasteiger partial charge on any atom is 0.407 e. The largest absolute Gasteiger partial charge is 0.444 e. The lowest BCUT2D eigenvalue weighted by atomic mass is 9.95. The summed E-state index contributed by atoms with van der Waals surface area (Å²) in [6, 6.07) is 6.15. The van der Waals surface area contributed by atoms with E-state index in [9.17, 15) is 35.9 Å². The number of carbonyl (C=O) groups is 2. The summed E-state index contributed by atoms with van der Waals surface area (Å²) in [5, 5.41) is 8.35. The lowest BCUT2D eigenvalue weighted by molar-refractivity contribution is -0.179. The first-order valence-electron chi connectivity index (χ1n) is 14.6. The topological polar surface area (TPSA) is 101 Å². The molecule has 0 spiro atoms.